The van der Waals surface area contributed by atoms with Gasteiger partial charge in [0.05, 0.1) is 16.3 Å². The maximum Gasteiger partial charge on any atom is 0.341 e. The fourth-order valence-corrected chi connectivity index (χ4v) is 3.26. The van der Waals surface area contributed by atoms with Crippen LogP contribution in [0.15, 0.2) is 50.4 Å². The van der Waals surface area contributed by atoms with Crippen LogP contribution in [0.3, 0.4) is 0 Å². The van der Waals surface area contributed by atoms with Crippen LogP contribution < -0.4 is 10.2 Å². The quantitative estimate of drug-likeness (QED) is 0.388. The van der Waals surface area contributed by atoms with Crippen molar-refractivity contribution in [2.24, 2.45) is 5.10 Å². The fourth-order valence-electron chi connectivity index (χ4n) is 2.27. The zero-order valence-electron chi connectivity index (χ0n) is 13.9. The molecule has 1 heterocycles. The van der Waals surface area contributed by atoms with Gasteiger partial charge >= 0.3 is 11.9 Å². The Morgan fingerprint density at radius 1 is 1.21 bits per heavy atom. The van der Waals surface area contributed by atoms with Gasteiger partial charge in [-0.15, -0.1) is 0 Å². The highest BCUT2D eigenvalue weighted by Crippen LogP contribution is 2.33. The number of aliphatic carboxylic acids is 1. The van der Waals surface area contributed by atoms with Crippen molar-refractivity contribution >= 4 is 68.2 Å². The summed E-state index contributed by atoms with van der Waals surface area (Å²) >= 11 is 15.4. The summed E-state index contributed by atoms with van der Waals surface area (Å²) in [5.41, 5.74) is 3.40. The Morgan fingerprint density at radius 3 is 2.61 bits per heavy atom. The number of furan rings is 1. The van der Waals surface area contributed by atoms with E-state index in [1.54, 1.807) is 12.1 Å². The SMILES string of the molecule is O=C(O)COc1c(Cl)cc(/C=N/NC(=O)c2cc3cc(Br)ccc3o2)cc1Cl. The Hall–Kier alpha value is -2.55. The molecule has 0 aliphatic rings. The van der Waals surface area contributed by atoms with E-state index in [1.165, 1.54) is 18.3 Å². The Kier molecular flexibility index (Phi) is 6.23. The molecule has 1 amide bonds. The molecule has 0 radical (unpaired) electrons. The van der Waals surface area contributed by atoms with E-state index in [2.05, 4.69) is 26.5 Å². The van der Waals surface area contributed by atoms with Crippen LogP contribution in [0.4, 0.5) is 0 Å². The Morgan fingerprint density at radius 2 is 1.93 bits per heavy atom. The van der Waals surface area contributed by atoms with Crippen molar-refractivity contribution in [3.63, 3.8) is 0 Å². The van der Waals surface area contributed by atoms with Crippen LogP contribution in [-0.4, -0.2) is 29.8 Å². The summed E-state index contributed by atoms with van der Waals surface area (Å²) < 4.78 is 11.4. The normalized spacial score (nSPS) is 11.1. The van der Waals surface area contributed by atoms with Crippen molar-refractivity contribution in [3.05, 3.63) is 62.2 Å². The van der Waals surface area contributed by atoms with Crippen LogP contribution in [-0.2, 0) is 4.79 Å². The number of carboxylic acid groups (broad SMARTS) is 1. The Labute approximate surface area is 177 Å². The Bertz CT molecular complexity index is 1070. The molecule has 2 N–H and O–H groups in total. The lowest BCUT2D eigenvalue weighted by molar-refractivity contribution is -0.139. The number of carbonyl (C=O) groups excluding carboxylic acids is 1. The van der Waals surface area contributed by atoms with E-state index in [-0.39, 0.29) is 21.6 Å². The third kappa shape index (κ3) is 4.83. The van der Waals surface area contributed by atoms with Gasteiger partial charge in [-0.2, -0.15) is 5.10 Å². The van der Waals surface area contributed by atoms with E-state index in [4.69, 9.17) is 37.5 Å². The van der Waals surface area contributed by atoms with E-state index in [0.29, 0.717) is 11.1 Å². The number of carboxylic acids is 1. The van der Waals surface area contributed by atoms with Crippen molar-refractivity contribution in [1.82, 2.24) is 5.43 Å². The number of benzene rings is 2. The first-order valence-corrected chi connectivity index (χ1v) is 9.24. The lowest BCUT2D eigenvalue weighted by Gasteiger charge is -2.08. The van der Waals surface area contributed by atoms with E-state index >= 15 is 0 Å². The standard InChI is InChI=1S/C18H11BrCl2N2O5/c19-11-1-2-14-10(5-11)6-15(28-14)18(26)23-22-7-9-3-12(20)17(13(21)4-9)27-8-16(24)25/h1-7H,8H2,(H,23,26)(H,24,25)/b22-7+. The van der Waals surface area contributed by atoms with Crippen molar-refractivity contribution in [2.45, 2.75) is 0 Å². The van der Waals surface area contributed by atoms with Crippen molar-refractivity contribution in [2.75, 3.05) is 6.61 Å². The number of fused-ring (bicyclic) bond motifs is 1. The van der Waals surface area contributed by atoms with Crippen molar-refractivity contribution in [3.8, 4) is 5.75 Å². The first-order valence-electron chi connectivity index (χ1n) is 7.69. The fraction of sp³-hybridized carbons (Fsp3) is 0.0556. The number of nitrogens with zero attached hydrogens (tertiary/aromatic N) is 1. The van der Waals surface area contributed by atoms with Gasteiger partial charge in [-0.1, -0.05) is 39.1 Å². The van der Waals surface area contributed by atoms with Crippen LogP contribution >= 0.6 is 39.1 Å². The third-order valence-electron chi connectivity index (χ3n) is 3.44. The number of carbonyl (C=O) groups is 2. The van der Waals surface area contributed by atoms with Gasteiger partial charge in [0.15, 0.2) is 18.1 Å². The number of hydrogen-bond donors (Lipinski definition) is 2. The molecule has 2 aromatic carbocycles. The topological polar surface area (TPSA) is 101 Å². The number of halogens is 3. The first kappa shape index (κ1) is 20.2. The van der Waals surface area contributed by atoms with Crippen LogP contribution in [0.2, 0.25) is 10.0 Å². The maximum atomic E-state index is 12.2. The summed E-state index contributed by atoms with van der Waals surface area (Å²) in [6, 6.07) is 9.93. The molecule has 0 fully saturated rings. The molecule has 144 valence electrons. The van der Waals surface area contributed by atoms with Gasteiger partial charge in [-0.05, 0) is 42.0 Å². The molecule has 0 aliphatic heterocycles. The predicted molar refractivity (Wildman–Crippen MR) is 109 cm³/mol. The molecule has 28 heavy (non-hydrogen) atoms. The van der Waals surface area contributed by atoms with E-state index in [0.717, 1.165) is 9.86 Å². The van der Waals surface area contributed by atoms with Gasteiger partial charge in [-0.3, -0.25) is 4.79 Å². The van der Waals surface area contributed by atoms with Gasteiger partial charge in [0.2, 0.25) is 0 Å². The lowest BCUT2D eigenvalue weighted by atomic mass is 10.2. The summed E-state index contributed by atoms with van der Waals surface area (Å²) in [5, 5.41) is 13.5. The van der Waals surface area contributed by atoms with Crippen LogP contribution in [0.25, 0.3) is 11.0 Å². The summed E-state index contributed by atoms with van der Waals surface area (Å²) in [6.45, 7) is -0.572. The summed E-state index contributed by atoms with van der Waals surface area (Å²) in [7, 11) is 0. The van der Waals surface area contributed by atoms with Crippen LogP contribution in [0.1, 0.15) is 16.1 Å². The number of hydrazone groups is 1. The minimum Gasteiger partial charge on any atom is -0.479 e. The Balaban J connectivity index is 1.69. The second kappa shape index (κ2) is 8.64. The molecule has 3 aromatic rings. The minimum absolute atomic E-state index is 0.0559. The second-order valence-electron chi connectivity index (χ2n) is 5.49. The molecule has 0 saturated carbocycles. The van der Waals surface area contributed by atoms with Gasteiger partial charge < -0.3 is 14.3 Å². The molecule has 0 atom stereocenters. The maximum absolute atomic E-state index is 12.2. The van der Waals surface area contributed by atoms with Gasteiger partial charge in [0.25, 0.3) is 0 Å². The first-order chi connectivity index (χ1) is 13.3. The van der Waals surface area contributed by atoms with Gasteiger partial charge in [0.1, 0.15) is 5.58 Å². The highest BCUT2D eigenvalue weighted by molar-refractivity contribution is 9.10. The molecule has 1 aromatic heterocycles. The van der Waals surface area contributed by atoms with E-state index in [1.807, 2.05) is 12.1 Å². The molecule has 0 spiro atoms. The minimum atomic E-state index is -1.15. The summed E-state index contributed by atoms with van der Waals surface area (Å²) in [4.78, 5) is 22.7. The zero-order valence-corrected chi connectivity index (χ0v) is 17.0. The van der Waals surface area contributed by atoms with Gasteiger partial charge in [0, 0.05) is 9.86 Å². The zero-order chi connectivity index (χ0) is 20.3. The van der Waals surface area contributed by atoms with Crippen molar-refractivity contribution in [1.29, 1.82) is 0 Å². The highest BCUT2D eigenvalue weighted by Gasteiger charge is 2.13. The molecule has 10 heteroatoms. The molecular weight excluding hydrogens is 475 g/mol. The molecule has 7 nitrogen and oxygen atoms in total. The molecule has 0 saturated heterocycles. The van der Waals surface area contributed by atoms with Gasteiger partial charge in [-0.25, -0.2) is 10.2 Å². The molecule has 0 bridgehead atoms. The summed E-state index contributed by atoms with van der Waals surface area (Å²) in [5.74, 6) is -1.51. The lowest BCUT2D eigenvalue weighted by Crippen LogP contribution is -2.16. The second-order valence-corrected chi connectivity index (χ2v) is 7.22. The number of ether oxygens (including phenoxy) is 1. The third-order valence-corrected chi connectivity index (χ3v) is 4.50. The average Bonchev–Trinajstić information content (AvgIpc) is 3.04. The molecule has 0 unspecified atom stereocenters. The largest absolute Gasteiger partial charge is 0.479 e. The molecular formula is C18H11BrCl2N2O5. The highest BCUT2D eigenvalue weighted by atomic mass is 79.9. The number of amides is 1. The summed E-state index contributed by atoms with van der Waals surface area (Å²) in [6.07, 6.45) is 1.33. The number of rotatable bonds is 6. The van der Waals surface area contributed by atoms with E-state index in [9.17, 15) is 9.59 Å². The number of nitrogens with one attached hydrogen (secondary N) is 1. The monoisotopic (exact) mass is 484 g/mol. The molecule has 3 rings (SSSR count). The predicted octanol–water partition coefficient (Wildman–Crippen LogP) is 4.73. The van der Waals surface area contributed by atoms with Crippen LogP contribution in [0, 0.1) is 0 Å². The smallest absolute Gasteiger partial charge is 0.341 e. The van der Waals surface area contributed by atoms with Crippen molar-refractivity contribution < 1.29 is 23.8 Å². The van der Waals surface area contributed by atoms with Crippen LogP contribution in [0.5, 0.6) is 5.75 Å². The molecule has 0 aliphatic carbocycles. The number of hydrogen-bond acceptors (Lipinski definition) is 5. The van der Waals surface area contributed by atoms with E-state index < -0.39 is 18.5 Å². The average molecular weight is 486 g/mol.